The van der Waals surface area contributed by atoms with Crippen molar-refractivity contribution in [2.75, 3.05) is 0 Å². The van der Waals surface area contributed by atoms with Gasteiger partial charge in [0, 0.05) is 16.7 Å². The van der Waals surface area contributed by atoms with Crippen LogP contribution < -0.4 is 0 Å². The summed E-state index contributed by atoms with van der Waals surface area (Å²) in [4.78, 5) is 4.35. The summed E-state index contributed by atoms with van der Waals surface area (Å²) < 4.78 is 4.32. The molecular weight excluding hydrogens is 296 g/mol. The Morgan fingerprint density at radius 2 is 1.50 bits per heavy atom. The highest BCUT2D eigenvalue weighted by molar-refractivity contribution is 7.05. The Kier molecular flexibility index (Phi) is 4.33. The molecule has 0 aliphatic carbocycles. The lowest BCUT2D eigenvalue weighted by atomic mass is 9.78. The van der Waals surface area contributed by atoms with E-state index >= 15 is 0 Å². The van der Waals surface area contributed by atoms with E-state index in [0.717, 1.165) is 16.7 Å². The number of aromatic hydroxyl groups is 1. The standard InChI is InChI=1S/C17H24N2O2S/c1-16(2,3)11-7-10(15-18-13(9-20)22-19-15)8-12(14(11)21)17(4,5)6/h7-8,20-21H,9H2,1-6H3. The summed E-state index contributed by atoms with van der Waals surface area (Å²) in [6.07, 6.45) is 0. The zero-order chi connectivity index (χ0) is 16.7. The molecule has 5 heteroatoms. The molecule has 0 saturated carbocycles. The first-order chi connectivity index (χ1) is 10.0. The molecule has 1 heterocycles. The van der Waals surface area contributed by atoms with Crippen molar-refractivity contribution in [1.29, 1.82) is 0 Å². The first kappa shape index (κ1) is 16.9. The van der Waals surface area contributed by atoms with E-state index in [1.54, 1.807) is 0 Å². The summed E-state index contributed by atoms with van der Waals surface area (Å²) in [5, 5.41) is 20.5. The summed E-state index contributed by atoms with van der Waals surface area (Å²) in [5.41, 5.74) is 2.28. The van der Waals surface area contributed by atoms with Crippen LogP contribution in [0.15, 0.2) is 12.1 Å². The van der Waals surface area contributed by atoms with E-state index < -0.39 is 0 Å². The molecule has 22 heavy (non-hydrogen) atoms. The van der Waals surface area contributed by atoms with Gasteiger partial charge in [0.2, 0.25) is 0 Å². The molecular formula is C17H24N2O2S. The molecule has 120 valence electrons. The minimum atomic E-state index is -0.185. The van der Waals surface area contributed by atoms with Gasteiger partial charge in [-0.3, -0.25) is 0 Å². The summed E-state index contributed by atoms with van der Waals surface area (Å²) in [7, 11) is 0. The Bertz CT molecular complexity index is 644. The van der Waals surface area contributed by atoms with Gasteiger partial charge in [-0.2, -0.15) is 4.37 Å². The van der Waals surface area contributed by atoms with Gasteiger partial charge in [0.1, 0.15) is 10.8 Å². The third-order valence-electron chi connectivity index (χ3n) is 3.59. The second-order valence-corrected chi connectivity index (χ2v) is 8.43. The fourth-order valence-corrected chi connectivity index (χ4v) is 2.87. The summed E-state index contributed by atoms with van der Waals surface area (Å²) >= 11 is 1.20. The summed E-state index contributed by atoms with van der Waals surface area (Å²) in [5.74, 6) is 0.950. The van der Waals surface area contributed by atoms with E-state index in [1.165, 1.54) is 11.5 Å². The van der Waals surface area contributed by atoms with Crippen LogP contribution in [0.1, 0.15) is 57.7 Å². The molecule has 0 aliphatic rings. The van der Waals surface area contributed by atoms with Crippen molar-refractivity contribution in [3.8, 4) is 17.1 Å². The monoisotopic (exact) mass is 320 g/mol. The van der Waals surface area contributed by atoms with Crippen molar-refractivity contribution in [1.82, 2.24) is 9.36 Å². The molecule has 0 amide bonds. The predicted molar refractivity (Wildman–Crippen MR) is 90.3 cm³/mol. The summed E-state index contributed by atoms with van der Waals surface area (Å²) in [6, 6.07) is 3.90. The molecule has 0 aliphatic heterocycles. The predicted octanol–water partition coefficient (Wildman–Crippen LogP) is 4.00. The number of aliphatic hydroxyl groups is 1. The van der Waals surface area contributed by atoms with Crippen LogP contribution in [0.2, 0.25) is 0 Å². The van der Waals surface area contributed by atoms with Gasteiger partial charge in [-0.15, -0.1) is 0 Å². The third kappa shape index (κ3) is 3.31. The molecule has 0 saturated heterocycles. The third-order valence-corrected chi connectivity index (χ3v) is 4.28. The smallest absolute Gasteiger partial charge is 0.173 e. The molecule has 0 fully saturated rings. The molecule has 0 spiro atoms. The van der Waals surface area contributed by atoms with Crippen molar-refractivity contribution in [2.24, 2.45) is 0 Å². The first-order valence-corrected chi connectivity index (χ1v) is 8.13. The van der Waals surface area contributed by atoms with Crippen LogP contribution in [0.5, 0.6) is 5.75 Å². The van der Waals surface area contributed by atoms with Crippen molar-refractivity contribution in [3.05, 3.63) is 28.3 Å². The number of phenols is 1. The molecule has 0 unspecified atom stereocenters. The highest BCUT2D eigenvalue weighted by Crippen LogP contribution is 2.41. The van der Waals surface area contributed by atoms with Crippen LogP contribution in [0.3, 0.4) is 0 Å². The van der Waals surface area contributed by atoms with Gasteiger partial charge in [-0.25, -0.2) is 4.98 Å². The minimum absolute atomic E-state index is 0.103. The second-order valence-electron chi connectivity index (χ2n) is 7.59. The average Bonchev–Trinajstić information content (AvgIpc) is 2.85. The number of phenolic OH excluding ortho intramolecular Hbond substituents is 1. The first-order valence-electron chi connectivity index (χ1n) is 7.36. The highest BCUT2D eigenvalue weighted by Gasteiger charge is 2.27. The quantitative estimate of drug-likeness (QED) is 0.878. The van der Waals surface area contributed by atoms with Crippen LogP contribution in [0, 0.1) is 0 Å². The SMILES string of the molecule is CC(C)(C)c1cc(-c2nsc(CO)n2)cc(C(C)(C)C)c1O. The van der Waals surface area contributed by atoms with Crippen molar-refractivity contribution < 1.29 is 10.2 Å². The minimum Gasteiger partial charge on any atom is -0.507 e. The Morgan fingerprint density at radius 1 is 1.00 bits per heavy atom. The molecule has 4 nitrogen and oxygen atoms in total. The Balaban J connectivity index is 2.70. The number of benzene rings is 1. The Labute approximate surface area is 136 Å². The van der Waals surface area contributed by atoms with Crippen molar-refractivity contribution in [2.45, 2.75) is 59.0 Å². The molecule has 2 N–H and O–H groups in total. The normalized spacial score (nSPS) is 12.7. The molecule has 1 aromatic heterocycles. The van der Waals surface area contributed by atoms with Crippen molar-refractivity contribution >= 4 is 11.5 Å². The van der Waals surface area contributed by atoms with E-state index in [0.29, 0.717) is 16.6 Å². The zero-order valence-corrected chi connectivity index (χ0v) is 14.9. The van der Waals surface area contributed by atoms with Gasteiger partial charge in [0.15, 0.2) is 5.82 Å². The lowest BCUT2D eigenvalue weighted by Crippen LogP contribution is -2.17. The number of aromatic nitrogens is 2. The van der Waals surface area contributed by atoms with E-state index in [-0.39, 0.29) is 17.4 Å². The fraction of sp³-hybridized carbons (Fsp3) is 0.529. The molecule has 0 atom stereocenters. The van der Waals surface area contributed by atoms with E-state index in [9.17, 15) is 10.2 Å². The largest absolute Gasteiger partial charge is 0.507 e. The molecule has 2 rings (SSSR count). The number of hydrogen-bond acceptors (Lipinski definition) is 5. The van der Waals surface area contributed by atoms with Crippen LogP contribution in [-0.2, 0) is 17.4 Å². The zero-order valence-electron chi connectivity index (χ0n) is 14.1. The maximum absolute atomic E-state index is 10.7. The highest BCUT2D eigenvalue weighted by atomic mass is 32.1. The van der Waals surface area contributed by atoms with Crippen LogP contribution in [0.4, 0.5) is 0 Å². The molecule has 0 radical (unpaired) electrons. The van der Waals surface area contributed by atoms with Gasteiger partial charge in [0.25, 0.3) is 0 Å². The number of aliphatic hydroxyl groups excluding tert-OH is 1. The molecule has 2 aromatic rings. The lowest BCUT2D eigenvalue weighted by molar-refractivity contribution is 0.281. The maximum Gasteiger partial charge on any atom is 0.173 e. The van der Waals surface area contributed by atoms with E-state index in [2.05, 4.69) is 50.9 Å². The van der Waals surface area contributed by atoms with Crippen molar-refractivity contribution in [3.63, 3.8) is 0 Å². The lowest BCUT2D eigenvalue weighted by Gasteiger charge is -2.27. The number of nitrogens with zero attached hydrogens (tertiary/aromatic N) is 2. The molecule has 0 bridgehead atoms. The van der Waals surface area contributed by atoms with Gasteiger partial charge in [-0.1, -0.05) is 41.5 Å². The van der Waals surface area contributed by atoms with Gasteiger partial charge >= 0.3 is 0 Å². The van der Waals surface area contributed by atoms with Crippen LogP contribution >= 0.6 is 11.5 Å². The molecule has 1 aromatic carbocycles. The second kappa shape index (κ2) is 5.63. The maximum atomic E-state index is 10.7. The van der Waals surface area contributed by atoms with E-state index in [4.69, 9.17) is 0 Å². The Morgan fingerprint density at radius 3 is 1.86 bits per heavy atom. The van der Waals surface area contributed by atoms with E-state index in [1.807, 2.05) is 12.1 Å². The summed E-state index contributed by atoms with van der Waals surface area (Å²) in [6.45, 7) is 12.3. The van der Waals surface area contributed by atoms with Crippen LogP contribution in [0.25, 0.3) is 11.4 Å². The number of rotatable bonds is 2. The van der Waals surface area contributed by atoms with Crippen LogP contribution in [-0.4, -0.2) is 19.6 Å². The van der Waals surface area contributed by atoms with Gasteiger partial charge in [-0.05, 0) is 34.5 Å². The topological polar surface area (TPSA) is 66.2 Å². The van der Waals surface area contributed by atoms with Gasteiger partial charge < -0.3 is 10.2 Å². The number of hydrogen-bond donors (Lipinski definition) is 2. The van der Waals surface area contributed by atoms with Gasteiger partial charge in [0.05, 0.1) is 6.61 Å². The average molecular weight is 320 g/mol. The fourth-order valence-electron chi connectivity index (χ4n) is 2.34. The Hall–Kier alpha value is -1.46.